The summed E-state index contributed by atoms with van der Waals surface area (Å²) in [5.74, 6) is 1.49. The Bertz CT molecular complexity index is 2410. The zero-order valence-electron chi connectivity index (χ0n) is 33.3. The molecule has 0 aliphatic heterocycles. The summed E-state index contributed by atoms with van der Waals surface area (Å²) in [5, 5.41) is 8.31. The van der Waals surface area contributed by atoms with Gasteiger partial charge >= 0.3 is 0 Å². The molecule has 4 aromatic heterocycles. The molecule has 0 fully saturated rings. The Balaban J connectivity index is 0.891. The van der Waals surface area contributed by atoms with Gasteiger partial charge in [-0.3, -0.25) is 9.59 Å². The number of fused-ring (bicyclic) bond motifs is 2. The van der Waals surface area contributed by atoms with E-state index in [1.165, 1.54) is 35.5 Å². The Labute approximate surface area is 347 Å². The van der Waals surface area contributed by atoms with Crippen molar-refractivity contribution in [3.63, 3.8) is 0 Å². The molecule has 7 aromatic rings. The minimum atomic E-state index is -0.380. The Morgan fingerprint density at radius 1 is 0.569 bits per heavy atom. The largest absolute Gasteiger partial charge is 0.286 e. The van der Waals surface area contributed by atoms with Crippen LogP contribution in [0.1, 0.15) is 71.4 Å². The van der Waals surface area contributed by atoms with Crippen molar-refractivity contribution >= 4 is 59.1 Å². The van der Waals surface area contributed by atoms with Crippen LogP contribution in [0, 0.1) is 0 Å². The predicted molar refractivity (Wildman–Crippen MR) is 236 cm³/mol. The monoisotopic (exact) mass is 808 g/mol. The van der Waals surface area contributed by atoms with Crippen molar-refractivity contribution in [1.82, 2.24) is 19.7 Å². The molecule has 0 radical (unpaired) electrons. The summed E-state index contributed by atoms with van der Waals surface area (Å²) in [6.45, 7) is 4.43. The first-order valence-corrected chi connectivity index (χ1v) is 21.5. The maximum atomic E-state index is 12.8. The second-order valence-electron chi connectivity index (χ2n) is 14.0. The smallest absolute Gasteiger partial charge is 0.267 e. The molecule has 0 unspecified atom stereocenters. The number of amides is 2. The van der Waals surface area contributed by atoms with Crippen LogP contribution in [0.2, 0.25) is 0 Å². The van der Waals surface area contributed by atoms with Crippen LogP contribution < -0.4 is 20.0 Å². The lowest BCUT2D eigenvalue weighted by molar-refractivity contribution is -0.633. The van der Waals surface area contributed by atoms with Crippen LogP contribution in [0.25, 0.3) is 33.8 Å². The first-order valence-electron chi connectivity index (χ1n) is 19.6. The minimum Gasteiger partial charge on any atom is -0.267 e. The van der Waals surface area contributed by atoms with Gasteiger partial charge in [-0.05, 0) is 96.1 Å². The summed E-state index contributed by atoms with van der Waals surface area (Å²) < 4.78 is 8.72. The number of unbranched alkanes of at least 4 members (excludes halogenated alkanes) is 2. The number of nitrogens with one attached hydrogen (secondary N) is 2. The van der Waals surface area contributed by atoms with E-state index in [9.17, 15) is 9.59 Å². The summed E-state index contributed by atoms with van der Waals surface area (Å²) in [7, 11) is 4.14. The van der Waals surface area contributed by atoms with E-state index in [0.717, 1.165) is 56.4 Å². The average Bonchev–Trinajstić information content (AvgIpc) is 3.76. The van der Waals surface area contributed by atoms with E-state index < -0.39 is 0 Å². The highest BCUT2D eigenvalue weighted by atomic mass is 32.2. The van der Waals surface area contributed by atoms with Gasteiger partial charge in [0.2, 0.25) is 0 Å². The zero-order chi connectivity index (χ0) is 40.4. The minimum absolute atomic E-state index is 0.378. The quantitative estimate of drug-likeness (QED) is 0.0337. The van der Waals surface area contributed by atoms with Gasteiger partial charge in [0.05, 0.1) is 26.5 Å². The first-order chi connectivity index (χ1) is 28.3. The van der Waals surface area contributed by atoms with Gasteiger partial charge in [0, 0.05) is 44.2 Å². The van der Waals surface area contributed by atoms with E-state index in [4.69, 9.17) is 0 Å². The van der Waals surface area contributed by atoms with Gasteiger partial charge in [-0.15, -0.1) is 23.5 Å². The van der Waals surface area contributed by atoms with Gasteiger partial charge < -0.3 is 0 Å². The highest BCUT2D eigenvalue weighted by Crippen LogP contribution is 2.24. The molecule has 294 valence electrons. The standard InChI is InChI=1S/C46H46N8O2S2/c1-5-7-25-57-39-21-23-43-51(3)41(31-53(43)29-39)35-13-9-33(10-14-35)27-47-49-45(55)37-17-19-38(20-18-37)46(56)50-48-28-34-11-15-36(16-12-34)42-32-54-30-40(58-26-8-6-2)22-24-44(54)52(42)4/h9-24,27-32H,5-8,25-26H2,1-4H3/p+2/b47-27+,48-28+. The maximum Gasteiger partial charge on any atom is 0.286 e. The van der Waals surface area contributed by atoms with Gasteiger partial charge in [-0.2, -0.15) is 10.2 Å². The SMILES string of the molecule is CCCCSc1ccc2n(c1)cc(-c1ccc(/C=N/NC(=O)c3ccc(C(=O)N/N=C/c4ccc(-c5cn6cc(SCCCC)ccc6[n+]5C)cc4)cc3)cc1)[n+]2C. The maximum absolute atomic E-state index is 12.8. The molecule has 0 aliphatic carbocycles. The summed E-state index contributed by atoms with van der Waals surface area (Å²) in [6.07, 6.45) is 16.7. The molecule has 0 saturated heterocycles. The Kier molecular flexibility index (Phi) is 13.2. The number of carbonyl (C=O) groups excluding carboxylic acids is 2. The first kappa shape index (κ1) is 40.2. The molecule has 0 spiro atoms. The van der Waals surface area contributed by atoms with Crippen molar-refractivity contribution in [2.24, 2.45) is 24.3 Å². The number of thioether (sulfide) groups is 2. The molecule has 58 heavy (non-hydrogen) atoms. The van der Waals surface area contributed by atoms with E-state index in [2.05, 4.69) is 116 Å². The molecule has 12 heteroatoms. The van der Waals surface area contributed by atoms with Crippen LogP contribution in [0.3, 0.4) is 0 Å². The van der Waals surface area contributed by atoms with Crippen LogP contribution in [0.5, 0.6) is 0 Å². The number of aromatic nitrogens is 4. The molecule has 2 amide bonds. The van der Waals surface area contributed by atoms with Crippen molar-refractivity contribution < 1.29 is 18.7 Å². The molecule has 4 heterocycles. The number of aryl methyl sites for hydroxylation is 2. The van der Waals surface area contributed by atoms with Crippen molar-refractivity contribution in [3.05, 3.63) is 144 Å². The van der Waals surface area contributed by atoms with E-state index >= 15 is 0 Å². The predicted octanol–water partition coefficient (Wildman–Crippen LogP) is 8.49. The number of hydrogen-bond donors (Lipinski definition) is 2. The lowest BCUT2D eigenvalue weighted by atomic mass is 10.1. The topological polar surface area (TPSA) is 99.5 Å². The highest BCUT2D eigenvalue weighted by Gasteiger charge is 2.18. The van der Waals surface area contributed by atoms with Gasteiger partial charge in [-0.25, -0.2) is 28.8 Å². The van der Waals surface area contributed by atoms with Crippen LogP contribution >= 0.6 is 23.5 Å². The van der Waals surface area contributed by atoms with Crippen LogP contribution in [-0.2, 0) is 14.1 Å². The molecule has 0 aliphatic rings. The van der Waals surface area contributed by atoms with Gasteiger partial charge in [0.1, 0.15) is 24.8 Å². The lowest BCUT2D eigenvalue weighted by Gasteiger charge is -2.03. The molecule has 2 N–H and O–H groups in total. The fraction of sp³-hybridized carbons (Fsp3) is 0.217. The number of rotatable bonds is 16. The molecular weight excluding hydrogens is 761 g/mol. The fourth-order valence-corrected chi connectivity index (χ4v) is 8.57. The number of imidazole rings is 2. The molecule has 7 rings (SSSR count). The van der Waals surface area contributed by atoms with E-state index in [-0.39, 0.29) is 11.8 Å². The van der Waals surface area contributed by atoms with Crippen molar-refractivity contribution in [3.8, 4) is 22.5 Å². The number of hydrogen-bond acceptors (Lipinski definition) is 6. The zero-order valence-corrected chi connectivity index (χ0v) is 34.9. The molecular formula is C46H48N8O2S2+2. The van der Waals surface area contributed by atoms with Gasteiger partial charge in [0.25, 0.3) is 23.1 Å². The average molecular weight is 809 g/mol. The summed E-state index contributed by atoms with van der Waals surface area (Å²) in [6, 6.07) is 31.1. The van der Waals surface area contributed by atoms with Crippen molar-refractivity contribution in [1.29, 1.82) is 0 Å². The third kappa shape index (κ3) is 9.58. The molecule has 0 atom stereocenters. The molecule has 0 saturated carbocycles. The number of hydrazone groups is 2. The Hall–Kier alpha value is -5.98. The van der Waals surface area contributed by atoms with E-state index in [0.29, 0.717) is 11.1 Å². The summed E-state index contributed by atoms with van der Waals surface area (Å²) >= 11 is 3.78. The van der Waals surface area contributed by atoms with E-state index in [1.807, 2.05) is 72.1 Å². The third-order valence-corrected chi connectivity index (χ3v) is 12.0. The Morgan fingerprint density at radius 2 is 0.966 bits per heavy atom. The van der Waals surface area contributed by atoms with Gasteiger partial charge in [0.15, 0.2) is 11.4 Å². The molecule has 10 nitrogen and oxygen atoms in total. The molecule has 0 bridgehead atoms. The third-order valence-electron chi connectivity index (χ3n) is 9.90. The van der Waals surface area contributed by atoms with Crippen LogP contribution in [0.4, 0.5) is 0 Å². The van der Waals surface area contributed by atoms with Crippen molar-refractivity contribution in [2.75, 3.05) is 11.5 Å². The fourth-order valence-electron chi connectivity index (χ4n) is 6.53. The van der Waals surface area contributed by atoms with Crippen LogP contribution in [-0.4, -0.2) is 44.6 Å². The van der Waals surface area contributed by atoms with Gasteiger partial charge in [-0.1, -0.05) is 51.0 Å². The number of pyridine rings is 2. The number of nitrogens with zero attached hydrogens (tertiary/aromatic N) is 6. The highest BCUT2D eigenvalue weighted by molar-refractivity contribution is 7.99. The number of benzene rings is 3. The van der Waals surface area contributed by atoms with Crippen LogP contribution in [0.15, 0.2) is 142 Å². The second-order valence-corrected chi connectivity index (χ2v) is 16.4. The summed E-state index contributed by atoms with van der Waals surface area (Å²) in [4.78, 5) is 28.1. The molecule has 3 aromatic carbocycles. The second kappa shape index (κ2) is 19.0. The normalized spacial score (nSPS) is 11.7. The Morgan fingerprint density at radius 3 is 1.34 bits per heavy atom. The lowest BCUT2D eigenvalue weighted by Crippen LogP contribution is -2.29. The van der Waals surface area contributed by atoms with Crippen molar-refractivity contribution in [2.45, 2.75) is 49.3 Å². The summed E-state index contributed by atoms with van der Waals surface area (Å²) in [5.41, 5.74) is 14.2. The van der Waals surface area contributed by atoms with E-state index in [1.54, 1.807) is 36.7 Å². The number of carbonyl (C=O) groups is 2.